The number of rotatable bonds is 6. The lowest BCUT2D eigenvalue weighted by Crippen LogP contribution is -2.27. The molecule has 1 aliphatic heterocycles. The summed E-state index contributed by atoms with van der Waals surface area (Å²) in [4.78, 5) is 26.5. The molecule has 168 valence electrons. The van der Waals surface area contributed by atoms with Gasteiger partial charge in [0, 0.05) is 9.50 Å². The highest BCUT2D eigenvalue weighted by molar-refractivity contribution is 9.10. The van der Waals surface area contributed by atoms with Crippen LogP contribution in [0.4, 0.5) is 4.79 Å². The van der Waals surface area contributed by atoms with Crippen LogP contribution in [0.25, 0.3) is 6.08 Å². The van der Waals surface area contributed by atoms with Crippen LogP contribution in [0.15, 0.2) is 87.1 Å². The number of hydrogen-bond acceptors (Lipinski definition) is 6. The van der Waals surface area contributed by atoms with E-state index in [-0.39, 0.29) is 28.3 Å². The van der Waals surface area contributed by atoms with Crippen molar-refractivity contribution in [2.75, 3.05) is 0 Å². The van der Waals surface area contributed by atoms with Crippen LogP contribution in [0.3, 0.4) is 0 Å². The van der Waals surface area contributed by atoms with Gasteiger partial charge in [-0.25, -0.2) is 0 Å². The van der Waals surface area contributed by atoms with Crippen LogP contribution < -0.4 is 4.18 Å². The fourth-order valence-corrected chi connectivity index (χ4v) is 5.11. The first-order valence-electron chi connectivity index (χ1n) is 9.51. The summed E-state index contributed by atoms with van der Waals surface area (Å²) in [5.41, 5.74) is 1.46. The Morgan fingerprint density at radius 2 is 1.58 bits per heavy atom. The molecule has 33 heavy (non-hydrogen) atoms. The highest BCUT2D eigenvalue weighted by Crippen LogP contribution is 2.33. The first-order chi connectivity index (χ1) is 15.7. The highest BCUT2D eigenvalue weighted by atomic mass is 79.9. The Hall–Kier alpha value is -2.59. The zero-order valence-electron chi connectivity index (χ0n) is 16.8. The molecule has 0 radical (unpaired) electrons. The summed E-state index contributed by atoms with van der Waals surface area (Å²) >= 11 is 10.0. The molecule has 1 saturated heterocycles. The number of thioether (sulfide) groups is 1. The predicted octanol–water partition coefficient (Wildman–Crippen LogP) is 6.11. The van der Waals surface area contributed by atoms with Crippen molar-refractivity contribution in [3.63, 3.8) is 0 Å². The van der Waals surface area contributed by atoms with E-state index in [1.165, 1.54) is 41.3 Å². The SMILES string of the molecule is O=C1S/C(=C\c2ccc(OS(=O)(=O)c3ccc(Cl)cc3)cc2)C(=O)N1Cc1ccc(Br)cc1. The van der Waals surface area contributed by atoms with Gasteiger partial charge in [0.25, 0.3) is 11.1 Å². The van der Waals surface area contributed by atoms with Crippen molar-refractivity contribution in [2.45, 2.75) is 11.4 Å². The zero-order valence-corrected chi connectivity index (χ0v) is 20.7. The predicted molar refractivity (Wildman–Crippen MR) is 131 cm³/mol. The molecule has 2 amide bonds. The Bertz CT molecular complexity index is 1340. The van der Waals surface area contributed by atoms with Gasteiger partial charge in [-0.1, -0.05) is 51.8 Å². The van der Waals surface area contributed by atoms with Gasteiger partial charge in [0.2, 0.25) is 0 Å². The van der Waals surface area contributed by atoms with E-state index < -0.39 is 10.1 Å². The minimum Gasteiger partial charge on any atom is -0.379 e. The molecule has 10 heteroatoms. The van der Waals surface area contributed by atoms with E-state index in [2.05, 4.69) is 15.9 Å². The number of hydrogen-bond donors (Lipinski definition) is 0. The third-order valence-electron chi connectivity index (χ3n) is 4.61. The van der Waals surface area contributed by atoms with Crippen molar-refractivity contribution in [3.8, 4) is 5.75 Å². The second-order valence-corrected chi connectivity index (χ2v) is 10.8. The lowest BCUT2D eigenvalue weighted by molar-refractivity contribution is -0.123. The van der Waals surface area contributed by atoms with Gasteiger partial charge < -0.3 is 4.18 Å². The average molecular weight is 565 g/mol. The van der Waals surface area contributed by atoms with Crippen LogP contribution in [0, 0.1) is 0 Å². The summed E-state index contributed by atoms with van der Waals surface area (Å²) in [7, 11) is -4.01. The highest BCUT2D eigenvalue weighted by Gasteiger charge is 2.35. The van der Waals surface area contributed by atoms with Crippen molar-refractivity contribution in [2.24, 2.45) is 0 Å². The number of benzene rings is 3. The Labute approximate surface area is 208 Å². The van der Waals surface area contributed by atoms with E-state index in [0.717, 1.165) is 21.8 Å². The maximum Gasteiger partial charge on any atom is 0.339 e. The second kappa shape index (κ2) is 9.72. The van der Waals surface area contributed by atoms with Gasteiger partial charge in [0.05, 0.1) is 11.4 Å². The molecule has 0 unspecified atom stereocenters. The minimum atomic E-state index is -4.01. The molecule has 6 nitrogen and oxygen atoms in total. The van der Waals surface area contributed by atoms with Gasteiger partial charge in [-0.3, -0.25) is 14.5 Å². The second-order valence-electron chi connectivity index (χ2n) is 6.95. The van der Waals surface area contributed by atoms with E-state index in [9.17, 15) is 18.0 Å². The quantitative estimate of drug-likeness (QED) is 0.266. The standard InChI is InChI=1S/C23H15BrClNO5S2/c24-17-5-1-16(2-6-17)14-26-22(27)21(32-23(26)28)13-15-3-9-19(10-4-15)31-33(29,30)20-11-7-18(25)8-12-20/h1-13H,14H2/b21-13-. The van der Waals surface area contributed by atoms with E-state index in [1.807, 2.05) is 24.3 Å². The Balaban J connectivity index is 1.46. The van der Waals surface area contributed by atoms with E-state index in [0.29, 0.717) is 15.5 Å². The number of carbonyl (C=O) groups excluding carboxylic acids is 2. The summed E-state index contributed by atoms with van der Waals surface area (Å²) in [6.45, 7) is 0.185. The zero-order chi connectivity index (χ0) is 23.6. The summed E-state index contributed by atoms with van der Waals surface area (Å²) in [6.07, 6.45) is 1.59. The molecular weight excluding hydrogens is 550 g/mol. The lowest BCUT2D eigenvalue weighted by atomic mass is 10.2. The molecule has 0 bridgehead atoms. The Morgan fingerprint density at radius 1 is 0.939 bits per heavy atom. The van der Waals surface area contributed by atoms with E-state index in [1.54, 1.807) is 18.2 Å². The normalized spacial score (nSPS) is 15.3. The molecule has 3 aromatic carbocycles. The van der Waals surface area contributed by atoms with Crippen LogP contribution in [0.1, 0.15) is 11.1 Å². The minimum absolute atomic E-state index is 0.0181. The molecule has 3 aromatic rings. The van der Waals surface area contributed by atoms with Crippen LogP contribution >= 0.6 is 39.3 Å². The maximum absolute atomic E-state index is 12.7. The molecule has 0 spiro atoms. The number of imide groups is 1. The summed E-state index contributed by atoms with van der Waals surface area (Å²) in [5, 5.41) is 0.0720. The topological polar surface area (TPSA) is 80.8 Å². The largest absolute Gasteiger partial charge is 0.379 e. The lowest BCUT2D eigenvalue weighted by Gasteiger charge is -2.12. The van der Waals surface area contributed by atoms with E-state index >= 15 is 0 Å². The van der Waals surface area contributed by atoms with Crippen molar-refractivity contribution in [1.29, 1.82) is 0 Å². The Kier molecular flexibility index (Phi) is 6.94. The first-order valence-corrected chi connectivity index (χ1v) is 12.9. The summed E-state index contributed by atoms with van der Waals surface area (Å²) < 4.78 is 30.8. The molecule has 0 atom stereocenters. The molecule has 0 saturated carbocycles. The monoisotopic (exact) mass is 563 g/mol. The third kappa shape index (κ3) is 5.67. The number of nitrogens with zero attached hydrogens (tertiary/aromatic N) is 1. The average Bonchev–Trinajstić information content (AvgIpc) is 3.04. The van der Waals surface area contributed by atoms with Gasteiger partial charge in [0.1, 0.15) is 10.6 Å². The van der Waals surface area contributed by atoms with Crippen LogP contribution in [-0.2, 0) is 21.5 Å². The molecule has 0 aliphatic carbocycles. The molecule has 1 aliphatic rings. The van der Waals surface area contributed by atoms with Gasteiger partial charge in [-0.2, -0.15) is 8.42 Å². The number of halogens is 2. The van der Waals surface area contributed by atoms with Crippen molar-refractivity contribution >= 4 is 66.6 Å². The van der Waals surface area contributed by atoms with E-state index in [4.69, 9.17) is 15.8 Å². The maximum atomic E-state index is 12.7. The van der Waals surface area contributed by atoms with Crippen molar-refractivity contribution in [3.05, 3.63) is 98.3 Å². The molecule has 4 rings (SSSR count). The molecule has 0 N–H and O–H groups in total. The number of carbonyl (C=O) groups is 2. The molecule has 0 aromatic heterocycles. The van der Waals surface area contributed by atoms with Crippen molar-refractivity contribution in [1.82, 2.24) is 4.90 Å². The summed E-state index contributed by atoms with van der Waals surface area (Å²) in [6, 6.07) is 19.2. The first kappa shape index (κ1) is 23.6. The summed E-state index contributed by atoms with van der Waals surface area (Å²) in [5.74, 6) is -0.260. The van der Waals surface area contributed by atoms with Crippen LogP contribution in [0.2, 0.25) is 5.02 Å². The fraction of sp³-hybridized carbons (Fsp3) is 0.0435. The van der Waals surface area contributed by atoms with Gasteiger partial charge in [0.15, 0.2) is 0 Å². The molecular formula is C23H15BrClNO5S2. The van der Waals surface area contributed by atoms with Crippen molar-refractivity contribution < 1.29 is 22.2 Å². The Morgan fingerprint density at radius 3 is 2.21 bits per heavy atom. The van der Waals surface area contributed by atoms with Gasteiger partial charge in [-0.05, 0) is 77.5 Å². The fourth-order valence-electron chi connectivity index (χ4n) is 2.96. The van der Waals surface area contributed by atoms with Gasteiger partial charge in [-0.15, -0.1) is 0 Å². The van der Waals surface area contributed by atoms with Crippen LogP contribution in [0.5, 0.6) is 5.75 Å². The number of amides is 2. The molecule has 1 heterocycles. The third-order valence-corrected chi connectivity index (χ3v) is 7.56. The smallest absolute Gasteiger partial charge is 0.339 e. The van der Waals surface area contributed by atoms with Crippen LogP contribution in [-0.4, -0.2) is 24.5 Å². The van der Waals surface area contributed by atoms with Gasteiger partial charge >= 0.3 is 10.1 Å². The molecule has 1 fully saturated rings.